The number of rotatable bonds is 11. The zero-order valence-electron chi connectivity index (χ0n) is 19.3. The van der Waals surface area contributed by atoms with Crippen LogP contribution in [0.5, 0.6) is 0 Å². The quantitative estimate of drug-likeness (QED) is 0.322. The van der Waals surface area contributed by atoms with Crippen LogP contribution in [0.4, 0.5) is 4.39 Å². The van der Waals surface area contributed by atoms with Crippen LogP contribution in [0, 0.1) is 5.82 Å². The van der Waals surface area contributed by atoms with Crippen LogP contribution < -0.4 is 5.32 Å². The highest BCUT2D eigenvalue weighted by Gasteiger charge is 2.30. The Labute approximate surface area is 219 Å². The molecule has 1 N–H and O–H groups in total. The molecule has 184 valence electrons. The van der Waals surface area contributed by atoms with Crippen molar-refractivity contribution in [2.45, 2.75) is 31.7 Å². The van der Waals surface area contributed by atoms with Crippen LogP contribution in [0.2, 0.25) is 10.0 Å². The van der Waals surface area contributed by atoms with Crippen LogP contribution in [-0.2, 0) is 28.3 Å². The van der Waals surface area contributed by atoms with Gasteiger partial charge in [-0.2, -0.15) is 0 Å². The lowest BCUT2D eigenvalue weighted by Gasteiger charge is -2.31. The molecule has 0 aromatic heterocycles. The van der Waals surface area contributed by atoms with Gasteiger partial charge in [0.25, 0.3) is 0 Å². The molecule has 0 bridgehead atoms. The molecule has 0 radical (unpaired) electrons. The summed E-state index contributed by atoms with van der Waals surface area (Å²) in [5, 5.41) is 3.95. The predicted molar refractivity (Wildman–Crippen MR) is 142 cm³/mol. The van der Waals surface area contributed by atoms with E-state index in [1.54, 1.807) is 35.2 Å². The molecule has 0 heterocycles. The molecule has 0 aliphatic rings. The van der Waals surface area contributed by atoms with Crippen LogP contribution in [0.15, 0.2) is 72.8 Å². The number of carbonyl (C=O) groups is 2. The molecule has 3 aromatic carbocycles. The first-order valence-corrected chi connectivity index (χ1v) is 13.2. The Morgan fingerprint density at radius 2 is 1.60 bits per heavy atom. The summed E-state index contributed by atoms with van der Waals surface area (Å²) in [5.74, 6) is -0.198. The van der Waals surface area contributed by atoms with Crippen molar-refractivity contribution in [3.05, 3.63) is 105 Å². The number of likely N-dealkylation sites (N-methyl/N-ethyl adjacent to an activating group) is 1. The van der Waals surface area contributed by atoms with Crippen molar-refractivity contribution in [2.75, 3.05) is 12.3 Å². The van der Waals surface area contributed by atoms with E-state index >= 15 is 0 Å². The number of nitrogens with one attached hydrogen (secondary N) is 1. The molecule has 0 saturated carbocycles. The van der Waals surface area contributed by atoms with Gasteiger partial charge in [-0.1, -0.05) is 71.7 Å². The van der Waals surface area contributed by atoms with Crippen LogP contribution in [0.1, 0.15) is 23.6 Å². The standard InChI is InChI=1S/C27H27Cl2FN2O2S/c1-2-31-27(34)25(15-19-7-4-3-5-8-19)32(16-20-11-13-21(30)14-12-20)26(33)18-35-17-22-23(28)9-6-10-24(22)29/h3-14,25H,2,15-18H2,1H3,(H,31,34)/t25-/m1/s1. The van der Waals surface area contributed by atoms with E-state index < -0.39 is 6.04 Å². The highest BCUT2D eigenvalue weighted by atomic mass is 35.5. The summed E-state index contributed by atoms with van der Waals surface area (Å²) in [5.41, 5.74) is 2.45. The van der Waals surface area contributed by atoms with E-state index in [9.17, 15) is 14.0 Å². The maximum absolute atomic E-state index is 13.5. The molecule has 8 heteroatoms. The average Bonchev–Trinajstić information content (AvgIpc) is 2.85. The lowest BCUT2D eigenvalue weighted by atomic mass is 10.0. The highest BCUT2D eigenvalue weighted by molar-refractivity contribution is 7.99. The van der Waals surface area contributed by atoms with Crippen molar-refractivity contribution >= 4 is 46.8 Å². The fourth-order valence-corrected chi connectivity index (χ4v) is 5.27. The molecule has 0 aliphatic heterocycles. The summed E-state index contributed by atoms with van der Waals surface area (Å²) >= 11 is 13.9. The van der Waals surface area contributed by atoms with Gasteiger partial charge in [0, 0.05) is 35.3 Å². The van der Waals surface area contributed by atoms with Crippen LogP contribution in [-0.4, -0.2) is 35.1 Å². The van der Waals surface area contributed by atoms with E-state index in [1.165, 1.54) is 23.9 Å². The van der Waals surface area contributed by atoms with E-state index in [2.05, 4.69) is 5.32 Å². The molecule has 0 spiro atoms. The minimum atomic E-state index is -0.723. The van der Waals surface area contributed by atoms with Crippen LogP contribution >= 0.6 is 35.0 Å². The molecule has 0 unspecified atom stereocenters. The third-order valence-electron chi connectivity index (χ3n) is 5.42. The second kappa shape index (κ2) is 13.5. The van der Waals surface area contributed by atoms with Crippen molar-refractivity contribution in [3.8, 4) is 0 Å². The average molecular weight is 533 g/mol. The third kappa shape index (κ3) is 7.99. The highest BCUT2D eigenvalue weighted by Crippen LogP contribution is 2.28. The second-order valence-electron chi connectivity index (χ2n) is 7.94. The summed E-state index contributed by atoms with van der Waals surface area (Å²) in [4.78, 5) is 28.2. The van der Waals surface area contributed by atoms with Gasteiger partial charge in [0.1, 0.15) is 11.9 Å². The lowest BCUT2D eigenvalue weighted by Crippen LogP contribution is -2.51. The molecule has 2 amide bonds. The Bertz CT molecular complexity index is 1110. The zero-order valence-corrected chi connectivity index (χ0v) is 21.7. The Balaban J connectivity index is 1.84. The largest absolute Gasteiger partial charge is 0.355 e. The SMILES string of the molecule is CCNC(=O)[C@@H](Cc1ccccc1)N(Cc1ccc(F)cc1)C(=O)CSCc1c(Cl)cccc1Cl. The Morgan fingerprint density at radius 1 is 0.943 bits per heavy atom. The molecule has 4 nitrogen and oxygen atoms in total. The van der Waals surface area contributed by atoms with Crippen LogP contribution in [0.3, 0.4) is 0 Å². The third-order valence-corrected chi connectivity index (χ3v) is 7.07. The molecule has 0 aliphatic carbocycles. The van der Waals surface area contributed by atoms with Crippen molar-refractivity contribution in [1.29, 1.82) is 0 Å². The Kier molecular flexibility index (Phi) is 10.5. The van der Waals surface area contributed by atoms with Gasteiger partial charge >= 0.3 is 0 Å². The predicted octanol–water partition coefficient (Wildman–Crippen LogP) is 6.14. The number of hydrogen-bond donors (Lipinski definition) is 1. The number of amides is 2. The van der Waals surface area contributed by atoms with Gasteiger partial charge in [-0.25, -0.2) is 4.39 Å². The first kappa shape index (κ1) is 27.1. The fourth-order valence-electron chi connectivity index (χ4n) is 3.63. The zero-order chi connectivity index (χ0) is 25.2. The molecule has 0 fully saturated rings. The van der Waals surface area contributed by atoms with E-state index in [1.807, 2.05) is 37.3 Å². The van der Waals surface area contributed by atoms with Gasteiger partial charge in [0.15, 0.2) is 0 Å². The summed E-state index contributed by atoms with van der Waals surface area (Å²) in [7, 11) is 0. The maximum atomic E-state index is 13.5. The van der Waals surface area contributed by atoms with Crippen molar-refractivity contribution in [3.63, 3.8) is 0 Å². The normalized spacial score (nSPS) is 11.7. The number of halogens is 3. The Hall–Kier alpha value is -2.54. The summed E-state index contributed by atoms with van der Waals surface area (Å²) in [6.07, 6.45) is 0.362. The fraction of sp³-hybridized carbons (Fsp3) is 0.259. The number of benzene rings is 3. The van der Waals surface area contributed by atoms with Crippen molar-refractivity contribution in [1.82, 2.24) is 10.2 Å². The van der Waals surface area contributed by atoms with Gasteiger partial charge in [0.05, 0.1) is 5.75 Å². The topological polar surface area (TPSA) is 49.4 Å². The second-order valence-corrected chi connectivity index (χ2v) is 9.74. The van der Waals surface area contributed by atoms with E-state index in [4.69, 9.17) is 23.2 Å². The first-order valence-electron chi connectivity index (χ1n) is 11.2. The van der Waals surface area contributed by atoms with E-state index in [-0.39, 0.29) is 29.9 Å². The van der Waals surface area contributed by atoms with Gasteiger partial charge in [0.2, 0.25) is 11.8 Å². The molecule has 1 atom stereocenters. The number of hydrogen-bond acceptors (Lipinski definition) is 3. The van der Waals surface area contributed by atoms with E-state index in [0.717, 1.165) is 16.7 Å². The molecule has 3 aromatic rings. The minimum Gasteiger partial charge on any atom is -0.355 e. The summed E-state index contributed by atoms with van der Waals surface area (Å²) in [6.45, 7) is 2.47. The number of carbonyl (C=O) groups excluding carboxylic acids is 2. The van der Waals surface area contributed by atoms with Crippen LogP contribution in [0.25, 0.3) is 0 Å². The smallest absolute Gasteiger partial charge is 0.243 e. The number of nitrogens with zero attached hydrogens (tertiary/aromatic N) is 1. The first-order chi connectivity index (χ1) is 16.9. The minimum absolute atomic E-state index is 0.132. The molecular weight excluding hydrogens is 506 g/mol. The summed E-state index contributed by atoms with van der Waals surface area (Å²) < 4.78 is 13.5. The summed E-state index contributed by atoms with van der Waals surface area (Å²) in [6, 6.07) is 20.1. The van der Waals surface area contributed by atoms with Crippen molar-refractivity contribution < 1.29 is 14.0 Å². The van der Waals surface area contributed by atoms with Gasteiger partial charge < -0.3 is 10.2 Å². The van der Waals surface area contributed by atoms with Crippen molar-refractivity contribution in [2.24, 2.45) is 0 Å². The monoisotopic (exact) mass is 532 g/mol. The van der Waals surface area contributed by atoms with Gasteiger partial charge in [-0.3, -0.25) is 9.59 Å². The van der Waals surface area contributed by atoms with Gasteiger partial charge in [-0.05, 0) is 47.9 Å². The molecule has 3 rings (SSSR count). The molecule has 0 saturated heterocycles. The van der Waals surface area contributed by atoms with E-state index in [0.29, 0.717) is 28.8 Å². The lowest BCUT2D eigenvalue weighted by molar-refractivity contribution is -0.139. The molecule has 35 heavy (non-hydrogen) atoms. The van der Waals surface area contributed by atoms with Gasteiger partial charge in [-0.15, -0.1) is 11.8 Å². The number of thioether (sulfide) groups is 1. The Morgan fingerprint density at radius 3 is 2.23 bits per heavy atom. The molecular formula is C27H27Cl2FN2O2S. The maximum Gasteiger partial charge on any atom is 0.243 e.